The Hall–Kier alpha value is -2.50. The molecule has 2 saturated carbocycles. The number of alkyl halides is 2. The van der Waals surface area contributed by atoms with Gasteiger partial charge in [-0.2, -0.15) is 9.97 Å². The molecule has 0 unspecified atom stereocenters. The minimum atomic E-state index is -3.13. The predicted molar refractivity (Wildman–Crippen MR) is 120 cm³/mol. The Labute approximate surface area is 193 Å². The Kier molecular flexibility index (Phi) is 5.45. The van der Waals surface area contributed by atoms with Crippen molar-refractivity contribution >= 4 is 27.4 Å². The Morgan fingerprint density at radius 1 is 1.18 bits per heavy atom. The van der Waals surface area contributed by atoms with Gasteiger partial charge in [0.1, 0.15) is 22.4 Å². The van der Waals surface area contributed by atoms with Crippen LogP contribution in [-0.2, 0) is 0 Å². The third-order valence-corrected chi connectivity index (χ3v) is 7.46. The third-order valence-electron chi connectivity index (χ3n) is 6.42. The normalized spacial score (nSPS) is 25.5. The number of halogens is 2. The van der Waals surface area contributed by atoms with Gasteiger partial charge in [-0.05, 0) is 39.2 Å². The molecule has 2 aliphatic carbocycles. The molecule has 3 aromatic rings. The Morgan fingerprint density at radius 3 is 2.58 bits per heavy atom. The molecule has 2 aliphatic rings. The summed E-state index contributed by atoms with van der Waals surface area (Å²) in [5, 5.41) is 24.4. The molecule has 2 fully saturated rings. The summed E-state index contributed by atoms with van der Waals surface area (Å²) in [4.78, 5) is 18.2. The van der Waals surface area contributed by atoms with Gasteiger partial charge in [0.15, 0.2) is 0 Å². The van der Waals surface area contributed by atoms with Gasteiger partial charge in [0.2, 0.25) is 0 Å². The number of fused-ring (bicyclic) bond motifs is 1. The highest BCUT2D eigenvalue weighted by Crippen LogP contribution is 2.45. The molecular weight excluding hydrogens is 452 g/mol. The van der Waals surface area contributed by atoms with Gasteiger partial charge in [-0.3, -0.25) is 4.98 Å². The fourth-order valence-electron chi connectivity index (χ4n) is 4.49. The van der Waals surface area contributed by atoms with Crippen molar-refractivity contribution in [1.82, 2.24) is 19.9 Å². The zero-order valence-electron chi connectivity index (χ0n) is 18.4. The van der Waals surface area contributed by atoms with E-state index in [-0.39, 0.29) is 12.4 Å². The summed E-state index contributed by atoms with van der Waals surface area (Å²) < 4.78 is 34.1. The summed E-state index contributed by atoms with van der Waals surface area (Å²) in [6, 6.07) is 1.19. The summed E-state index contributed by atoms with van der Waals surface area (Å²) in [5.41, 5.74) is 3.03. The number of hydrogen-bond acceptors (Lipinski definition) is 9. The summed E-state index contributed by atoms with van der Waals surface area (Å²) in [6.07, 6.45) is 0.937. The van der Waals surface area contributed by atoms with Crippen LogP contribution in [0.3, 0.4) is 0 Å². The van der Waals surface area contributed by atoms with E-state index in [0.29, 0.717) is 28.0 Å². The molecular formula is C22H25F2N5O3S. The van der Waals surface area contributed by atoms with Crippen molar-refractivity contribution in [3.05, 3.63) is 23.7 Å². The van der Waals surface area contributed by atoms with Crippen LogP contribution in [0.4, 0.5) is 14.6 Å². The highest BCUT2D eigenvalue weighted by atomic mass is 32.1. The van der Waals surface area contributed by atoms with Crippen LogP contribution < -0.4 is 10.1 Å². The average molecular weight is 478 g/mol. The van der Waals surface area contributed by atoms with Gasteiger partial charge in [0, 0.05) is 12.1 Å². The molecule has 3 N–H and O–H groups in total. The molecule has 0 aliphatic heterocycles. The molecule has 0 amide bonds. The average Bonchev–Trinajstić information content (AvgIpc) is 3.45. The van der Waals surface area contributed by atoms with Gasteiger partial charge >= 0.3 is 6.01 Å². The van der Waals surface area contributed by atoms with Crippen molar-refractivity contribution in [3.63, 3.8) is 0 Å². The van der Waals surface area contributed by atoms with E-state index in [2.05, 4.69) is 20.3 Å². The SMILES string of the molecule is COc1nc(C)c(-c2nc3c(C4CC4)nccc3s2)c(N[C@@H]2C[C@H](C(C)(F)F)[C@@H](O)[C@H]2O)n1. The number of hydrogen-bond donors (Lipinski definition) is 3. The van der Waals surface area contributed by atoms with Crippen LogP contribution in [0.5, 0.6) is 6.01 Å². The molecule has 33 heavy (non-hydrogen) atoms. The van der Waals surface area contributed by atoms with Crippen LogP contribution in [0.2, 0.25) is 0 Å². The lowest BCUT2D eigenvalue weighted by atomic mass is 9.98. The number of thiazole rings is 1. The molecule has 3 aromatic heterocycles. The van der Waals surface area contributed by atoms with E-state index in [4.69, 9.17) is 9.72 Å². The molecule has 3 heterocycles. The second-order valence-electron chi connectivity index (χ2n) is 8.89. The molecule has 4 atom stereocenters. The maximum atomic E-state index is 14.0. The zero-order chi connectivity index (χ0) is 23.5. The van der Waals surface area contributed by atoms with Gasteiger partial charge in [-0.1, -0.05) is 0 Å². The predicted octanol–water partition coefficient (Wildman–Crippen LogP) is 3.52. The summed E-state index contributed by atoms with van der Waals surface area (Å²) >= 11 is 1.47. The summed E-state index contributed by atoms with van der Waals surface area (Å²) in [5.74, 6) is -3.75. The lowest BCUT2D eigenvalue weighted by Gasteiger charge is -2.22. The van der Waals surface area contributed by atoms with E-state index >= 15 is 0 Å². The van der Waals surface area contributed by atoms with Crippen LogP contribution in [0, 0.1) is 12.8 Å². The molecule has 11 heteroatoms. The second-order valence-corrected chi connectivity index (χ2v) is 9.92. The van der Waals surface area contributed by atoms with Crippen molar-refractivity contribution in [2.75, 3.05) is 12.4 Å². The molecule has 5 rings (SSSR count). The zero-order valence-corrected chi connectivity index (χ0v) is 19.2. The topological polar surface area (TPSA) is 113 Å². The number of aromatic nitrogens is 4. The summed E-state index contributed by atoms with van der Waals surface area (Å²) in [7, 11) is 1.44. The molecule has 176 valence electrons. The molecule has 0 aromatic carbocycles. The number of nitrogens with one attached hydrogen (secondary N) is 1. The first-order chi connectivity index (χ1) is 15.7. The van der Waals surface area contributed by atoms with Crippen molar-refractivity contribution in [2.45, 2.75) is 63.2 Å². The molecule has 8 nitrogen and oxygen atoms in total. The van der Waals surface area contributed by atoms with Crippen LogP contribution >= 0.6 is 11.3 Å². The van der Waals surface area contributed by atoms with Crippen molar-refractivity contribution in [3.8, 4) is 16.6 Å². The van der Waals surface area contributed by atoms with E-state index in [0.717, 1.165) is 35.7 Å². The molecule has 0 bridgehead atoms. The minimum Gasteiger partial charge on any atom is -0.467 e. The third kappa shape index (κ3) is 4.02. The summed E-state index contributed by atoms with van der Waals surface area (Å²) in [6.45, 7) is 2.55. The van der Waals surface area contributed by atoms with Gasteiger partial charge in [0.25, 0.3) is 5.92 Å². The number of rotatable bonds is 6. The number of aryl methyl sites for hydroxylation is 1. The van der Waals surface area contributed by atoms with E-state index < -0.39 is 30.1 Å². The standard InChI is InChI=1S/C22H25F2N5O3S/c1-9-14(20-28-16-13(33-20)6-7-25-15(16)10-4-5-10)19(29-21(26-9)32-3)27-12-8-11(22(2,23)24)17(30)18(12)31/h6-7,10-12,17-18,30-31H,4-5,8H2,1-3H3,(H,26,27,29)/t11-,12+,17+,18-/m0/s1. The van der Waals surface area contributed by atoms with Crippen LogP contribution in [-0.4, -0.2) is 61.4 Å². The Balaban J connectivity index is 1.56. The van der Waals surface area contributed by atoms with E-state index in [1.54, 1.807) is 13.1 Å². The maximum absolute atomic E-state index is 14.0. The lowest BCUT2D eigenvalue weighted by molar-refractivity contribution is -0.0950. The fraction of sp³-hybridized carbons (Fsp3) is 0.545. The van der Waals surface area contributed by atoms with Crippen molar-refractivity contribution < 1.29 is 23.7 Å². The first-order valence-corrected chi connectivity index (χ1v) is 11.7. The second kappa shape index (κ2) is 8.07. The number of aliphatic hydroxyl groups excluding tert-OH is 2. The first kappa shape index (κ1) is 22.3. The molecule has 0 spiro atoms. The van der Waals surface area contributed by atoms with Crippen LogP contribution in [0.1, 0.15) is 43.5 Å². The lowest BCUT2D eigenvalue weighted by Crippen LogP contribution is -2.38. The van der Waals surface area contributed by atoms with Gasteiger partial charge in [-0.15, -0.1) is 11.3 Å². The van der Waals surface area contributed by atoms with Crippen molar-refractivity contribution in [2.24, 2.45) is 5.92 Å². The number of nitrogens with zero attached hydrogens (tertiary/aromatic N) is 4. The quantitative estimate of drug-likeness (QED) is 0.494. The minimum absolute atomic E-state index is 0.102. The monoisotopic (exact) mass is 477 g/mol. The highest BCUT2D eigenvalue weighted by Gasteiger charge is 2.51. The molecule has 0 saturated heterocycles. The van der Waals surface area contributed by atoms with Gasteiger partial charge in [0.05, 0.1) is 46.8 Å². The number of anilines is 1. The van der Waals surface area contributed by atoms with Gasteiger partial charge < -0.3 is 20.3 Å². The van der Waals surface area contributed by atoms with E-state index in [1.165, 1.54) is 18.4 Å². The fourth-order valence-corrected chi connectivity index (χ4v) is 5.56. The first-order valence-electron chi connectivity index (χ1n) is 10.9. The molecule has 0 radical (unpaired) electrons. The highest BCUT2D eigenvalue weighted by molar-refractivity contribution is 7.21. The number of pyridine rings is 1. The number of methoxy groups -OCH3 is 1. The number of aliphatic hydroxyl groups is 2. The smallest absolute Gasteiger partial charge is 0.318 e. The Morgan fingerprint density at radius 2 is 1.94 bits per heavy atom. The maximum Gasteiger partial charge on any atom is 0.318 e. The van der Waals surface area contributed by atoms with E-state index in [9.17, 15) is 19.0 Å². The van der Waals surface area contributed by atoms with Crippen molar-refractivity contribution in [1.29, 1.82) is 0 Å². The largest absolute Gasteiger partial charge is 0.467 e. The van der Waals surface area contributed by atoms with Gasteiger partial charge in [-0.25, -0.2) is 13.8 Å². The van der Waals surface area contributed by atoms with Crippen LogP contribution in [0.15, 0.2) is 12.3 Å². The van der Waals surface area contributed by atoms with E-state index in [1.807, 2.05) is 6.07 Å². The van der Waals surface area contributed by atoms with Crippen LogP contribution in [0.25, 0.3) is 20.8 Å². The Bertz CT molecular complexity index is 1200. The number of ether oxygens (including phenoxy) is 1.